The Labute approximate surface area is 385 Å². The van der Waals surface area contributed by atoms with Crippen molar-refractivity contribution in [1.29, 1.82) is 5.26 Å². The van der Waals surface area contributed by atoms with E-state index in [2.05, 4.69) is 21.7 Å². The predicted molar refractivity (Wildman–Crippen MR) is 240 cm³/mol. The summed E-state index contributed by atoms with van der Waals surface area (Å²) >= 11 is 56.1. The van der Waals surface area contributed by atoms with Crippen molar-refractivity contribution in [3.8, 4) is 16.9 Å². The number of nitriles is 1. The Morgan fingerprint density at radius 2 is 1.35 bits per heavy atom. The zero-order valence-electron chi connectivity index (χ0n) is 28.9. The molecular weight excluding hydrogens is 984 g/mol. The lowest BCUT2D eigenvalue weighted by Gasteiger charge is -2.25. The fraction of sp³-hybridized carbons (Fsp3) is 0.139. The predicted octanol–water partition coefficient (Wildman–Crippen LogP) is 13.2. The van der Waals surface area contributed by atoms with E-state index >= 15 is 0 Å². The summed E-state index contributed by atoms with van der Waals surface area (Å²) in [5.74, 6) is 0.295. The number of Topliss-reactive ketones (excluding diaryl/α,β-unsaturated/α-hetero) is 2. The summed E-state index contributed by atoms with van der Waals surface area (Å²) < 4.78 is 10.4. The molecule has 1 aromatic heterocycles. The summed E-state index contributed by atoms with van der Waals surface area (Å²) in [5.41, 5.74) is 2.23. The topological polar surface area (TPSA) is 130 Å². The molecule has 6 rings (SSSR count). The van der Waals surface area contributed by atoms with E-state index in [0.29, 0.717) is 54.8 Å². The molecule has 0 aliphatic heterocycles. The third kappa shape index (κ3) is 14.6. The fourth-order valence-electron chi connectivity index (χ4n) is 4.20. The number of nitrogens with zero attached hydrogens (tertiary/aromatic N) is 2. The van der Waals surface area contributed by atoms with E-state index in [1.165, 1.54) is 30.7 Å². The number of alkyl halides is 3. The molecule has 0 spiro atoms. The van der Waals surface area contributed by atoms with Gasteiger partial charge in [-0.15, -0.1) is 11.3 Å². The molecule has 9 nitrogen and oxygen atoms in total. The molecule has 57 heavy (non-hydrogen) atoms. The Kier molecular flexibility index (Phi) is 20.5. The first-order valence-corrected chi connectivity index (χ1v) is 21.5. The van der Waals surface area contributed by atoms with E-state index in [9.17, 15) is 14.4 Å². The number of hydrogen-bond acceptors (Lipinski definition) is 11. The number of para-hydroxylation sites is 1. The third-order valence-corrected chi connectivity index (χ3v) is 12.5. The number of fused-ring (bicyclic) bond motifs is 2. The average molecular weight is 1010 g/mol. The van der Waals surface area contributed by atoms with Crippen LogP contribution in [0.4, 0.5) is 5.69 Å². The van der Waals surface area contributed by atoms with Crippen LogP contribution in [0.5, 0.6) is 11.5 Å². The number of amides is 1. The van der Waals surface area contributed by atoms with Crippen LogP contribution in [0.25, 0.3) is 10.2 Å². The number of benzene rings is 4. The van der Waals surface area contributed by atoms with Crippen LogP contribution in [0.2, 0.25) is 20.1 Å². The van der Waals surface area contributed by atoms with Gasteiger partial charge >= 0.3 is 0 Å². The molecule has 0 fully saturated rings. The quantitative estimate of drug-likeness (QED) is 0.0367. The Morgan fingerprint density at radius 3 is 1.82 bits per heavy atom. The second-order valence-corrected chi connectivity index (χ2v) is 18.6. The molecular formula is C36H25Cl9N4O5S3. The number of hydrogen-bond donors (Lipinski definition) is 2. The lowest BCUT2D eigenvalue weighted by atomic mass is 9.95. The Hall–Kier alpha value is -2.48. The van der Waals surface area contributed by atoms with Crippen LogP contribution in [-0.2, 0) is 4.79 Å². The summed E-state index contributed by atoms with van der Waals surface area (Å²) in [6, 6.07) is 22.5. The summed E-state index contributed by atoms with van der Waals surface area (Å²) in [5, 5.41) is 17.6. The molecule has 5 aromatic rings. The van der Waals surface area contributed by atoms with Gasteiger partial charge in [-0.2, -0.15) is 5.26 Å². The number of rotatable bonds is 9. The first-order valence-electron chi connectivity index (χ1n) is 15.3. The number of allylic oxidation sites excluding steroid dienone is 2. The summed E-state index contributed by atoms with van der Waals surface area (Å²) in [6.45, 7) is 0. The Bertz CT molecular complexity index is 2180. The van der Waals surface area contributed by atoms with E-state index in [0.717, 1.165) is 14.9 Å². The normalized spacial score (nSPS) is 12.3. The van der Waals surface area contributed by atoms with Gasteiger partial charge in [0.15, 0.2) is 4.34 Å². The molecule has 1 atom stereocenters. The second kappa shape index (κ2) is 23.9. The minimum Gasteiger partial charge on any atom is -0.495 e. The van der Waals surface area contributed by atoms with Crippen molar-refractivity contribution in [2.24, 2.45) is 0 Å². The van der Waals surface area contributed by atoms with E-state index in [1.807, 2.05) is 23.6 Å². The third-order valence-electron chi connectivity index (χ3n) is 6.81. The molecule has 1 aliphatic rings. The minimum absolute atomic E-state index is 0.199. The molecule has 1 amide bonds. The number of carbonyl (C=O) groups excluding carboxylic acids is 3. The average Bonchev–Trinajstić information content (AvgIpc) is 3.61. The van der Waals surface area contributed by atoms with Gasteiger partial charge in [-0.25, -0.2) is 4.98 Å². The molecule has 0 saturated heterocycles. The standard InChI is InChI=1S/C10H4Cl2O2.C9H7Cl5N2O.C9H6N2S3.C8H8Cl2O2/c11-7-8(12)10(14)6-4-2-1-3-5(6)9(7)13;10-6-2-1-5(3-7(6)11)16-8(15-4-17)9(12,13)14;10-5-12-6-13-9-11-7-3-1-2-4-8(7)14-9;1-11-7-3-6(10)8(12-2)4-5(7)9/h1-4H;1-4,8,16H,(H,15,17);1-4H,6H2;3-4H,1-2H3. The van der Waals surface area contributed by atoms with Crippen LogP contribution in [0.1, 0.15) is 20.7 Å². The van der Waals surface area contributed by atoms with Crippen molar-refractivity contribution in [2.75, 3.05) is 24.6 Å². The van der Waals surface area contributed by atoms with Crippen LogP contribution < -0.4 is 20.1 Å². The molecule has 0 bridgehead atoms. The maximum Gasteiger partial charge on any atom is 0.228 e. The van der Waals surface area contributed by atoms with Gasteiger partial charge in [0.2, 0.25) is 21.8 Å². The highest BCUT2D eigenvalue weighted by Crippen LogP contribution is 2.36. The van der Waals surface area contributed by atoms with Crippen molar-refractivity contribution >= 4 is 173 Å². The second-order valence-electron chi connectivity index (χ2n) is 10.4. The van der Waals surface area contributed by atoms with Crippen LogP contribution in [0.3, 0.4) is 0 Å². The number of aromatic nitrogens is 1. The number of anilines is 1. The van der Waals surface area contributed by atoms with Crippen LogP contribution in [-0.4, -0.2) is 52.2 Å². The first kappa shape index (κ1) is 48.9. The molecule has 21 heteroatoms. The number of thioether (sulfide) groups is 2. The van der Waals surface area contributed by atoms with Gasteiger partial charge in [0.05, 0.1) is 49.6 Å². The monoisotopic (exact) mass is 1000 g/mol. The number of halogens is 9. The van der Waals surface area contributed by atoms with Gasteiger partial charge in [-0.3, -0.25) is 14.4 Å². The van der Waals surface area contributed by atoms with Gasteiger partial charge in [0.1, 0.15) is 33.1 Å². The van der Waals surface area contributed by atoms with Crippen LogP contribution in [0.15, 0.2) is 93.3 Å². The van der Waals surface area contributed by atoms with Gasteiger partial charge in [0.25, 0.3) is 0 Å². The maximum atomic E-state index is 11.5. The van der Waals surface area contributed by atoms with Crippen molar-refractivity contribution in [2.45, 2.75) is 14.3 Å². The molecule has 1 unspecified atom stereocenters. The summed E-state index contributed by atoms with van der Waals surface area (Å²) in [4.78, 5) is 37.9. The zero-order valence-corrected chi connectivity index (χ0v) is 38.2. The molecule has 2 N–H and O–H groups in total. The number of ketones is 2. The summed E-state index contributed by atoms with van der Waals surface area (Å²) in [7, 11) is 3.06. The van der Waals surface area contributed by atoms with Gasteiger partial charge in [-0.1, -0.05) is 153 Å². The highest BCUT2D eigenvalue weighted by Gasteiger charge is 2.32. The minimum atomic E-state index is -1.70. The molecule has 1 aliphatic carbocycles. The van der Waals surface area contributed by atoms with Crippen molar-refractivity contribution < 1.29 is 23.9 Å². The number of thiazole rings is 1. The molecule has 0 saturated carbocycles. The summed E-state index contributed by atoms with van der Waals surface area (Å²) in [6.07, 6.45) is -0.459. The molecule has 4 aromatic carbocycles. The number of methoxy groups -OCH3 is 2. The molecule has 300 valence electrons. The largest absolute Gasteiger partial charge is 0.495 e. The Balaban J connectivity index is 0.000000205. The van der Waals surface area contributed by atoms with Crippen molar-refractivity contribution in [3.05, 3.63) is 120 Å². The lowest BCUT2D eigenvalue weighted by Crippen LogP contribution is -2.45. The van der Waals surface area contributed by atoms with Crippen molar-refractivity contribution in [3.63, 3.8) is 0 Å². The van der Waals surface area contributed by atoms with Crippen molar-refractivity contribution in [1.82, 2.24) is 10.3 Å². The van der Waals surface area contributed by atoms with Crippen LogP contribution in [0, 0.1) is 10.7 Å². The number of carbonyl (C=O) groups is 3. The lowest BCUT2D eigenvalue weighted by molar-refractivity contribution is -0.110. The maximum absolute atomic E-state index is 11.5. The fourth-order valence-corrected chi connectivity index (χ4v) is 8.33. The number of ether oxygens (including phenoxy) is 2. The van der Waals surface area contributed by atoms with Gasteiger partial charge in [-0.05, 0) is 42.1 Å². The smallest absolute Gasteiger partial charge is 0.228 e. The van der Waals surface area contributed by atoms with E-state index in [-0.39, 0.29) is 10.1 Å². The highest BCUT2D eigenvalue weighted by molar-refractivity contribution is 8.18. The highest BCUT2D eigenvalue weighted by atomic mass is 35.6. The Morgan fingerprint density at radius 1 is 0.807 bits per heavy atom. The first-order chi connectivity index (χ1) is 27.1. The zero-order chi connectivity index (χ0) is 42.3. The van der Waals surface area contributed by atoms with Gasteiger partial charge in [0, 0.05) is 28.9 Å². The van der Waals surface area contributed by atoms with E-state index in [4.69, 9.17) is 119 Å². The van der Waals surface area contributed by atoms with E-state index < -0.39 is 21.5 Å². The van der Waals surface area contributed by atoms with Gasteiger partial charge < -0.3 is 20.1 Å². The number of nitrogens with one attached hydrogen (secondary N) is 2. The van der Waals surface area contributed by atoms with Crippen LogP contribution >= 0.6 is 139 Å². The number of thiocyanates is 1. The van der Waals surface area contributed by atoms with E-state index in [1.54, 1.807) is 77.7 Å². The molecule has 1 heterocycles. The SMILES string of the molecule is COc1cc(Cl)c(OC)cc1Cl.N#CSCSc1nc2ccccc2s1.O=C1C(Cl)=C(Cl)C(=O)c2ccccc21.O=CNC(Nc1ccc(Cl)c(Cl)c1)C(Cl)(Cl)Cl. The molecule has 0 radical (unpaired) electrons.